The third kappa shape index (κ3) is 1.42. The predicted molar refractivity (Wildman–Crippen MR) is 63.0 cm³/mol. The second-order valence-corrected chi connectivity index (χ2v) is 4.65. The van der Waals surface area contributed by atoms with Crippen molar-refractivity contribution in [2.24, 2.45) is 5.92 Å². The molecule has 1 heterocycles. The first-order chi connectivity index (χ1) is 7.61. The fraction of sp³-hybridized carbons (Fsp3) is 0.615. The molecule has 0 spiro atoms. The Bertz CT molecular complexity index is 370. The number of hydrogen-bond acceptors (Lipinski definition) is 3. The minimum Gasteiger partial charge on any atom is -0.468 e. The Balaban J connectivity index is 2.17. The maximum atomic E-state index is 11.6. The number of likely N-dealkylation sites (tertiary alicyclic amines) is 1. The fourth-order valence-electron chi connectivity index (χ4n) is 3.17. The zero-order valence-electron chi connectivity index (χ0n) is 10.4. The van der Waals surface area contributed by atoms with Gasteiger partial charge in [-0.05, 0) is 32.9 Å². The van der Waals surface area contributed by atoms with E-state index in [9.17, 15) is 4.79 Å². The maximum absolute atomic E-state index is 11.6. The minimum atomic E-state index is -0.0988. The van der Waals surface area contributed by atoms with E-state index in [1.54, 1.807) is 0 Å². The lowest BCUT2D eigenvalue weighted by atomic mass is 9.80. The van der Waals surface area contributed by atoms with Crippen molar-refractivity contribution < 1.29 is 9.53 Å². The van der Waals surface area contributed by atoms with E-state index in [2.05, 4.69) is 24.0 Å². The zero-order valence-corrected chi connectivity index (χ0v) is 10.4. The van der Waals surface area contributed by atoms with Crippen LogP contribution >= 0.6 is 0 Å². The van der Waals surface area contributed by atoms with Crippen LogP contribution in [-0.2, 0) is 9.53 Å². The highest BCUT2D eigenvalue weighted by molar-refractivity contribution is 5.78. The van der Waals surface area contributed by atoms with Crippen molar-refractivity contribution in [3.8, 4) is 0 Å². The second-order valence-electron chi connectivity index (χ2n) is 4.65. The summed E-state index contributed by atoms with van der Waals surface area (Å²) in [6, 6.07) is 0.392. The monoisotopic (exact) mass is 221 g/mol. The third-order valence-corrected chi connectivity index (χ3v) is 3.90. The third-order valence-electron chi connectivity index (χ3n) is 3.90. The van der Waals surface area contributed by atoms with Crippen molar-refractivity contribution in [3.05, 3.63) is 23.3 Å². The van der Waals surface area contributed by atoms with Gasteiger partial charge < -0.3 is 4.74 Å². The summed E-state index contributed by atoms with van der Waals surface area (Å²) in [5.41, 5.74) is 2.79. The summed E-state index contributed by atoms with van der Waals surface area (Å²) in [6.45, 7) is 4.20. The molecular formula is C13H19NO2. The molecule has 0 aromatic carbocycles. The van der Waals surface area contributed by atoms with Crippen LogP contribution in [0.15, 0.2) is 23.3 Å². The van der Waals surface area contributed by atoms with Crippen LogP contribution in [-0.4, -0.2) is 37.1 Å². The summed E-state index contributed by atoms with van der Waals surface area (Å²) in [4.78, 5) is 13.7. The summed E-state index contributed by atoms with van der Waals surface area (Å²) in [5, 5.41) is 0. The predicted octanol–water partition coefficient (Wildman–Crippen LogP) is 1.75. The number of ether oxygens (including phenoxy) is 1. The number of rotatable bonds is 2. The zero-order chi connectivity index (χ0) is 11.9. The van der Waals surface area contributed by atoms with E-state index in [1.807, 2.05) is 14.0 Å². The number of esters is 1. The molecule has 0 N–H and O–H groups in total. The Morgan fingerprint density at radius 2 is 2.25 bits per heavy atom. The first-order valence-corrected chi connectivity index (χ1v) is 5.74. The molecule has 3 unspecified atom stereocenters. The van der Waals surface area contributed by atoms with Crippen molar-refractivity contribution in [2.45, 2.75) is 32.4 Å². The van der Waals surface area contributed by atoms with Gasteiger partial charge in [-0.3, -0.25) is 9.69 Å². The average Bonchev–Trinajstić information content (AvgIpc) is 2.52. The summed E-state index contributed by atoms with van der Waals surface area (Å²) in [7, 11) is 3.47. The fourth-order valence-corrected chi connectivity index (χ4v) is 3.17. The van der Waals surface area contributed by atoms with Gasteiger partial charge in [0.05, 0.1) is 7.11 Å². The van der Waals surface area contributed by atoms with E-state index in [0.29, 0.717) is 12.0 Å². The molecule has 2 rings (SSSR count). The Morgan fingerprint density at radius 3 is 2.81 bits per heavy atom. The molecule has 0 amide bonds. The summed E-state index contributed by atoms with van der Waals surface area (Å²) < 4.78 is 4.85. The van der Waals surface area contributed by atoms with E-state index in [0.717, 1.165) is 6.42 Å². The van der Waals surface area contributed by atoms with E-state index in [4.69, 9.17) is 4.74 Å². The molecule has 1 saturated heterocycles. The molecule has 88 valence electrons. The quantitative estimate of drug-likeness (QED) is 0.665. The Labute approximate surface area is 96.8 Å². The highest BCUT2D eigenvalue weighted by Crippen LogP contribution is 2.46. The lowest BCUT2D eigenvalue weighted by Gasteiger charge is -2.49. The van der Waals surface area contributed by atoms with Crippen molar-refractivity contribution >= 4 is 5.97 Å². The van der Waals surface area contributed by atoms with Crippen LogP contribution in [0.5, 0.6) is 0 Å². The number of likely N-dealkylation sites (N-methyl/N-ethyl adjacent to an activating group) is 1. The van der Waals surface area contributed by atoms with E-state index >= 15 is 0 Å². The van der Waals surface area contributed by atoms with Crippen LogP contribution in [0.1, 0.15) is 20.3 Å². The first-order valence-electron chi connectivity index (χ1n) is 5.74. The van der Waals surface area contributed by atoms with Gasteiger partial charge in [-0.2, -0.15) is 0 Å². The van der Waals surface area contributed by atoms with E-state index < -0.39 is 0 Å². The van der Waals surface area contributed by atoms with Crippen molar-refractivity contribution in [1.82, 2.24) is 4.90 Å². The smallest absolute Gasteiger partial charge is 0.323 e. The topological polar surface area (TPSA) is 29.5 Å². The second kappa shape index (κ2) is 4.06. The van der Waals surface area contributed by atoms with Gasteiger partial charge in [0.1, 0.15) is 6.04 Å². The van der Waals surface area contributed by atoms with Gasteiger partial charge in [-0.1, -0.05) is 17.7 Å². The number of carbonyl (C=O) groups excluding carboxylic acids is 1. The highest BCUT2D eigenvalue weighted by Gasteiger charge is 2.54. The van der Waals surface area contributed by atoms with Crippen LogP contribution in [0.4, 0.5) is 0 Å². The van der Waals surface area contributed by atoms with Crippen molar-refractivity contribution in [3.63, 3.8) is 0 Å². The number of carbonyl (C=O) groups is 1. The van der Waals surface area contributed by atoms with Crippen LogP contribution in [0.3, 0.4) is 0 Å². The number of hydrogen-bond donors (Lipinski definition) is 0. The van der Waals surface area contributed by atoms with Crippen molar-refractivity contribution in [2.75, 3.05) is 14.2 Å². The molecule has 0 aromatic heterocycles. The average molecular weight is 221 g/mol. The molecule has 1 fully saturated rings. The van der Waals surface area contributed by atoms with Gasteiger partial charge in [0.15, 0.2) is 0 Å². The van der Waals surface area contributed by atoms with Gasteiger partial charge in [0, 0.05) is 12.0 Å². The first kappa shape index (κ1) is 11.4. The van der Waals surface area contributed by atoms with Gasteiger partial charge >= 0.3 is 5.97 Å². The molecule has 16 heavy (non-hydrogen) atoms. The summed E-state index contributed by atoms with van der Waals surface area (Å²) in [5.74, 6) is 0.321. The number of allylic oxidation sites excluding steroid dienone is 3. The molecule has 0 radical (unpaired) electrons. The van der Waals surface area contributed by atoms with Crippen LogP contribution in [0, 0.1) is 5.92 Å². The lowest BCUT2D eigenvalue weighted by molar-refractivity contribution is -0.158. The standard InChI is InChI=1S/C13H19NO2/c1-5-6-9-7-10-11(8(9)2)14(3)12(10)13(15)16-4/h5-6,10-12H,7H2,1-4H3. The molecule has 3 heteroatoms. The molecule has 1 aliphatic carbocycles. The van der Waals surface area contributed by atoms with E-state index in [-0.39, 0.29) is 12.0 Å². The van der Waals surface area contributed by atoms with Crippen LogP contribution < -0.4 is 0 Å². The summed E-state index contributed by atoms with van der Waals surface area (Å²) in [6.07, 6.45) is 5.23. The Morgan fingerprint density at radius 1 is 1.56 bits per heavy atom. The SMILES string of the molecule is CC=CC1=C(C)C2C(C1)C(C(=O)OC)N2C. The highest BCUT2D eigenvalue weighted by atomic mass is 16.5. The maximum Gasteiger partial charge on any atom is 0.323 e. The van der Waals surface area contributed by atoms with Gasteiger partial charge in [0.25, 0.3) is 0 Å². The Kier molecular flexibility index (Phi) is 2.89. The molecule has 3 nitrogen and oxygen atoms in total. The molecule has 0 bridgehead atoms. The summed E-state index contributed by atoms with van der Waals surface area (Å²) >= 11 is 0. The van der Waals surface area contributed by atoms with Gasteiger partial charge in [-0.25, -0.2) is 0 Å². The van der Waals surface area contributed by atoms with Gasteiger partial charge in [0.2, 0.25) is 0 Å². The molecular weight excluding hydrogens is 202 g/mol. The van der Waals surface area contributed by atoms with Crippen molar-refractivity contribution in [1.29, 1.82) is 0 Å². The number of fused-ring (bicyclic) bond motifs is 1. The number of nitrogens with zero attached hydrogens (tertiary/aromatic N) is 1. The molecule has 3 atom stereocenters. The van der Waals surface area contributed by atoms with Crippen LogP contribution in [0.25, 0.3) is 0 Å². The molecule has 1 aliphatic heterocycles. The minimum absolute atomic E-state index is 0.0484. The van der Waals surface area contributed by atoms with Gasteiger partial charge in [-0.15, -0.1) is 0 Å². The lowest BCUT2D eigenvalue weighted by Crippen LogP contribution is -2.64. The molecule has 0 saturated carbocycles. The van der Waals surface area contributed by atoms with E-state index in [1.165, 1.54) is 18.3 Å². The largest absolute Gasteiger partial charge is 0.468 e. The molecule has 2 aliphatic rings. The Hall–Kier alpha value is -1.09. The normalized spacial score (nSPS) is 34.1. The molecule has 0 aromatic rings. The number of methoxy groups -OCH3 is 1. The van der Waals surface area contributed by atoms with Crippen LogP contribution in [0.2, 0.25) is 0 Å².